The SMILES string of the molecule is COc1cccc(Nc2ncnn3ccc(CN4CC[C@@H](NC(=O)OCc5ccccc5)[C@H](N)C4)c23)c1. The fourth-order valence-electron chi connectivity index (χ4n) is 4.61. The minimum atomic E-state index is -0.443. The monoisotopic (exact) mass is 501 g/mol. The minimum absolute atomic E-state index is 0.140. The number of likely N-dealkylation sites (tertiary alicyclic amines) is 1. The van der Waals surface area contributed by atoms with Gasteiger partial charge in [-0.05, 0) is 35.7 Å². The molecule has 0 spiro atoms. The smallest absolute Gasteiger partial charge is 0.407 e. The van der Waals surface area contributed by atoms with E-state index in [0.29, 0.717) is 18.9 Å². The number of carbonyl (C=O) groups excluding carboxylic acids is 1. The molecule has 0 aliphatic carbocycles. The van der Waals surface area contributed by atoms with Crippen molar-refractivity contribution < 1.29 is 14.3 Å². The van der Waals surface area contributed by atoms with Gasteiger partial charge in [-0.25, -0.2) is 14.3 Å². The summed E-state index contributed by atoms with van der Waals surface area (Å²) in [6.07, 6.45) is 3.75. The maximum absolute atomic E-state index is 12.3. The van der Waals surface area contributed by atoms with E-state index >= 15 is 0 Å². The topological polar surface area (TPSA) is 119 Å². The van der Waals surface area contributed by atoms with E-state index in [4.69, 9.17) is 15.2 Å². The molecule has 2 aromatic carbocycles. The Morgan fingerprint density at radius 2 is 2.03 bits per heavy atom. The van der Waals surface area contributed by atoms with E-state index in [0.717, 1.165) is 41.0 Å². The highest BCUT2D eigenvalue weighted by Crippen LogP contribution is 2.26. The van der Waals surface area contributed by atoms with Crippen LogP contribution in [-0.4, -0.2) is 57.9 Å². The number of aromatic nitrogens is 3. The van der Waals surface area contributed by atoms with Crippen molar-refractivity contribution in [1.82, 2.24) is 24.8 Å². The number of amides is 1. The fourth-order valence-corrected chi connectivity index (χ4v) is 4.61. The van der Waals surface area contributed by atoms with Gasteiger partial charge in [-0.15, -0.1) is 0 Å². The minimum Gasteiger partial charge on any atom is -0.497 e. The second kappa shape index (κ2) is 11.3. The zero-order valence-corrected chi connectivity index (χ0v) is 20.7. The number of carbonyl (C=O) groups is 1. The van der Waals surface area contributed by atoms with Crippen LogP contribution >= 0.6 is 0 Å². The molecule has 1 fully saturated rings. The standard InChI is InChI=1S/C27H31N7O3/c1-36-22-9-5-8-21(14-22)31-26-25-20(10-13-34(25)30-18-29-26)15-33-12-11-24(23(28)16-33)32-27(35)37-17-19-6-3-2-4-7-19/h2-10,13-14,18,23-24H,11-12,15-17,28H2,1H3,(H,32,35)(H,29,30,31)/t23-,24-/m1/s1. The summed E-state index contributed by atoms with van der Waals surface area (Å²) in [5.41, 5.74) is 10.3. The highest BCUT2D eigenvalue weighted by molar-refractivity contribution is 5.76. The number of fused-ring (bicyclic) bond motifs is 1. The summed E-state index contributed by atoms with van der Waals surface area (Å²) >= 11 is 0. The number of ether oxygens (including phenoxy) is 2. The van der Waals surface area contributed by atoms with Crippen molar-refractivity contribution in [2.45, 2.75) is 31.7 Å². The van der Waals surface area contributed by atoms with Gasteiger partial charge in [-0.3, -0.25) is 4.90 Å². The molecule has 10 nitrogen and oxygen atoms in total. The molecule has 1 aliphatic heterocycles. The molecule has 3 heterocycles. The van der Waals surface area contributed by atoms with Crippen LogP contribution in [0.1, 0.15) is 17.5 Å². The Kier molecular flexibility index (Phi) is 7.48. The lowest BCUT2D eigenvalue weighted by atomic mass is 10.00. The van der Waals surface area contributed by atoms with E-state index in [1.807, 2.05) is 65.3 Å². The molecule has 10 heteroatoms. The zero-order chi connectivity index (χ0) is 25.6. The third-order valence-electron chi connectivity index (χ3n) is 6.52. The van der Waals surface area contributed by atoms with Gasteiger partial charge in [-0.1, -0.05) is 36.4 Å². The molecular formula is C27H31N7O3. The molecule has 0 saturated carbocycles. The van der Waals surface area contributed by atoms with Gasteiger partial charge < -0.3 is 25.8 Å². The van der Waals surface area contributed by atoms with E-state index in [9.17, 15) is 4.79 Å². The van der Waals surface area contributed by atoms with Crippen LogP contribution in [0.25, 0.3) is 5.52 Å². The number of piperidine rings is 1. The number of methoxy groups -OCH3 is 1. The van der Waals surface area contributed by atoms with Crippen molar-refractivity contribution >= 4 is 23.1 Å². The number of hydrogen-bond acceptors (Lipinski definition) is 8. The van der Waals surface area contributed by atoms with Gasteiger partial charge in [0.2, 0.25) is 0 Å². The predicted molar refractivity (Wildman–Crippen MR) is 141 cm³/mol. The van der Waals surface area contributed by atoms with Gasteiger partial charge in [-0.2, -0.15) is 5.10 Å². The Labute approximate surface area is 215 Å². The van der Waals surface area contributed by atoms with Crippen molar-refractivity contribution in [3.05, 3.63) is 84.3 Å². The average Bonchev–Trinajstić information content (AvgIpc) is 3.33. The molecule has 0 unspecified atom stereocenters. The summed E-state index contributed by atoms with van der Waals surface area (Å²) in [6.45, 7) is 2.36. The van der Waals surface area contributed by atoms with Crippen LogP contribution in [0.2, 0.25) is 0 Å². The molecule has 2 atom stereocenters. The van der Waals surface area contributed by atoms with E-state index < -0.39 is 6.09 Å². The Bertz CT molecular complexity index is 1340. The van der Waals surface area contributed by atoms with Crippen LogP contribution in [0.5, 0.6) is 5.75 Å². The molecule has 1 amide bonds. The van der Waals surface area contributed by atoms with Gasteiger partial charge in [0, 0.05) is 49.7 Å². The van der Waals surface area contributed by atoms with Crippen LogP contribution in [0.15, 0.2) is 73.2 Å². The molecule has 192 valence electrons. The van der Waals surface area contributed by atoms with Crippen molar-refractivity contribution in [1.29, 1.82) is 0 Å². The van der Waals surface area contributed by atoms with Crippen LogP contribution in [0, 0.1) is 0 Å². The Hall–Kier alpha value is -4.15. The number of rotatable bonds is 8. The molecule has 0 radical (unpaired) electrons. The number of anilines is 2. The number of nitrogens with one attached hydrogen (secondary N) is 2. The number of benzene rings is 2. The molecule has 1 aliphatic rings. The molecule has 37 heavy (non-hydrogen) atoms. The average molecular weight is 502 g/mol. The fraction of sp³-hybridized carbons (Fsp3) is 0.296. The summed E-state index contributed by atoms with van der Waals surface area (Å²) in [7, 11) is 1.64. The first-order valence-electron chi connectivity index (χ1n) is 12.3. The summed E-state index contributed by atoms with van der Waals surface area (Å²) in [6, 6.07) is 19.0. The van der Waals surface area contributed by atoms with Gasteiger partial charge in [0.1, 0.15) is 24.2 Å². The maximum Gasteiger partial charge on any atom is 0.407 e. The Morgan fingerprint density at radius 3 is 2.84 bits per heavy atom. The second-order valence-corrected chi connectivity index (χ2v) is 9.10. The van der Waals surface area contributed by atoms with Gasteiger partial charge in [0.05, 0.1) is 7.11 Å². The van der Waals surface area contributed by atoms with Crippen molar-refractivity contribution in [3.8, 4) is 5.75 Å². The molecule has 4 aromatic rings. The van der Waals surface area contributed by atoms with Crippen molar-refractivity contribution in [2.24, 2.45) is 5.73 Å². The van der Waals surface area contributed by atoms with Gasteiger partial charge in [0.15, 0.2) is 5.82 Å². The number of alkyl carbamates (subject to hydrolysis) is 1. The van der Waals surface area contributed by atoms with Crippen molar-refractivity contribution in [2.75, 3.05) is 25.5 Å². The molecule has 5 rings (SSSR count). The Balaban J connectivity index is 1.20. The normalized spacial score (nSPS) is 17.9. The van der Waals surface area contributed by atoms with Crippen LogP contribution in [0.3, 0.4) is 0 Å². The lowest BCUT2D eigenvalue weighted by Gasteiger charge is -2.36. The van der Waals surface area contributed by atoms with E-state index in [2.05, 4.69) is 31.7 Å². The molecule has 1 saturated heterocycles. The zero-order valence-electron chi connectivity index (χ0n) is 20.7. The van der Waals surface area contributed by atoms with Crippen LogP contribution < -0.4 is 21.1 Å². The Morgan fingerprint density at radius 1 is 1.16 bits per heavy atom. The van der Waals surface area contributed by atoms with E-state index in [1.165, 1.54) is 6.33 Å². The molecule has 2 aromatic heterocycles. The quantitative estimate of drug-likeness (QED) is 0.337. The first-order valence-corrected chi connectivity index (χ1v) is 12.3. The maximum atomic E-state index is 12.3. The van der Waals surface area contributed by atoms with E-state index in [-0.39, 0.29) is 18.7 Å². The van der Waals surface area contributed by atoms with Crippen LogP contribution in [-0.2, 0) is 17.9 Å². The van der Waals surface area contributed by atoms with Crippen LogP contribution in [0.4, 0.5) is 16.3 Å². The number of nitrogens with two attached hydrogens (primary N) is 1. The first-order chi connectivity index (χ1) is 18.1. The second-order valence-electron chi connectivity index (χ2n) is 9.10. The van der Waals surface area contributed by atoms with Gasteiger partial charge >= 0.3 is 6.09 Å². The number of nitrogens with zero attached hydrogens (tertiary/aromatic N) is 4. The van der Waals surface area contributed by atoms with Crippen molar-refractivity contribution in [3.63, 3.8) is 0 Å². The first kappa shape index (κ1) is 24.5. The summed E-state index contributed by atoms with van der Waals surface area (Å²) < 4.78 is 12.5. The third kappa shape index (κ3) is 5.99. The highest BCUT2D eigenvalue weighted by atomic mass is 16.5. The molecule has 0 bridgehead atoms. The summed E-state index contributed by atoms with van der Waals surface area (Å²) in [5, 5.41) is 10.7. The summed E-state index contributed by atoms with van der Waals surface area (Å²) in [5.74, 6) is 1.48. The molecule has 4 N–H and O–H groups in total. The number of hydrogen-bond donors (Lipinski definition) is 3. The lowest BCUT2D eigenvalue weighted by Crippen LogP contribution is -2.57. The van der Waals surface area contributed by atoms with Gasteiger partial charge in [0.25, 0.3) is 0 Å². The summed E-state index contributed by atoms with van der Waals surface area (Å²) in [4.78, 5) is 19.1. The predicted octanol–water partition coefficient (Wildman–Crippen LogP) is 3.31. The van der Waals surface area contributed by atoms with E-state index in [1.54, 1.807) is 7.11 Å². The third-order valence-corrected chi connectivity index (χ3v) is 6.52. The lowest BCUT2D eigenvalue weighted by molar-refractivity contribution is 0.120. The largest absolute Gasteiger partial charge is 0.497 e. The molecular weight excluding hydrogens is 470 g/mol. The highest BCUT2D eigenvalue weighted by Gasteiger charge is 2.29.